The van der Waals surface area contributed by atoms with Crippen molar-refractivity contribution in [3.63, 3.8) is 0 Å². The molecule has 5 aromatic rings. The van der Waals surface area contributed by atoms with Crippen molar-refractivity contribution < 1.29 is 9.90 Å². The number of aromatic nitrogens is 2. The molecule has 0 aliphatic rings. The van der Waals surface area contributed by atoms with Gasteiger partial charge in [-0.25, -0.2) is 10.1 Å². The van der Waals surface area contributed by atoms with E-state index in [1.54, 1.807) is 35.0 Å². The Balaban J connectivity index is 1.50. The zero-order valence-corrected chi connectivity index (χ0v) is 17.6. The molecule has 0 saturated heterocycles. The lowest BCUT2D eigenvalue weighted by molar-refractivity contribution is 0.0949. The summed E-state index contributed by atoms with van der Waals surface area (Å²) in [4.78, 5) is 12.8. The van der Waals surface area contributed by atoms with E-state index in [1.807, 2.05) is 48.5 Å². The van der Waals surface area contributed by atoms with E-state index in [1.165, 1.54) is 6.21 Å². The summed E-state index contributed by atoms with van der Waals surface area (Å²) in [6, 6.07) is 32.5. The van der Waals surface area contributed by atoms with Crippen LogP contribution in [0.25, 0.3) is 27.7 Å². The van der Waals surface area contributed by atoms with E-state index in [4.69, 9.17) is 0 Å². The minimum atomic E-state index is -0.446. The average molecular weight is 432 g/mol. The van der Waals surface area contributed by atoms with E-state index in [-0.39, 0.29) is 11.4 Å². The molecular weight excluding hydrogens is 412 g/mol. The number of hydrazone groups is 1. The lowest BCUT2D eigenvalue weighted by atomic mass is 10.0. The number of para-hydroxylation sites is 2. The Bertz CT molecular complexity index is 1470. The van der Waals surface area contributed by atoms with Crippen LogP contribution in [0.2, 0.25) is 0 Å². The third-order valence-electron chi connectivity index (χ3n) is 5.29. The first-order valence-electron chi connectivity index (χ1n) is 10.4. The number of amides is 1. The van der Waals surface area contributed by atoms with Crippen molar-refractivity contribution >= 4 is 22.9 Å². The molecule has 2 N–H and O–H groups in total. The molecule has 0 bridgehead atoms. The van der Waals surface area contributed by atoms with Crippen molar-refractivity contribution in [1.82, 2.24) is 15.2 Å². The van der Waals surface area contributed by atoms with Crippen molar-refractivity contribution in [2.75, 3.05) is 0 Å². The molecule has 0 radical (unpaired) electrons. The molecular formula is C27H20N4O2. The van der Waals surface area contributed by atoms with Gasteiger partial charge in [0.15, 0.2) is 5.69 Å². The van der Waals surface area contributed by atoms with Crippen molar-refractivity contribution in [3.8, 4) is 22.7 Å². The van der Waals surface area contributed by atoms with Gasteiger partial charge in [-0.3, -0.25) is 4.79 Å². The highest BCUT2D eigenvalue weighted by Crippen LogP contribution is 2.27. The van der Waals surface area contributed by atoms with Crippen molar-refractivity contribution in [2.45, 2.75) is 0 Å². The van der Waals surface area contributed by atoms with Gasteiger partial charge < -0.3 is 5.11 Å². The molecule has 33 heavy (non-hydrogen) atoms. The van der Waals surface area contributed by atoms with Crippen LogP contribution < -0.4 is 5.43 Å². The molecule has 0 spiro atoms. The summed E-state index contributed by atoms with van der Waals surface area (Å²) in [5, 5.41) is 20.6. The first-order valence-corrected chi connectivity index (χ1v) is 10.4. The zero-order chi connectivity index (χ0) is 22.6. The molecule has 160 valence electrons. The Morgan fingerprint density at radius 3 is 2.39 bits per heavy atom. The zero-order valence-electron chi connectivity index (χ0n) is 17.6. The summed E-state index contributed by atoms with van der Waals surface area (Å²) >= 11 is 0. The molecule has 5 rings (SSSR count). The van der Waals surface area contributed by atoms with E-state index >= 15 is 0 Å². The minimum Gasteiger partial charge on any atom is -0.507 e. The van der Waals surface area contributed by atoms with Crippen LogP contribution in [0.3, 0.4) is 0 Å². The Morgan fingerprint density at radius 2 is 1.58 bits per heavy atom. The standard InChI is InChI=1S/C27H20N4O2/c32-26-13-7-6-10-22(26)18-28-29-27(33)24-17-25(31(30-24)23-11-2-1-3-12-23)21-15-14-19-8-4-5-9-20(19)16-21/h1-18,32H,(H,29,33)/b28-18-. The number of fused-ring (bicyclic) bond motifs is 1. The molecule has 0 unspecified atom stereocenters. The van der Waals surface area contributed by atoms with Gasteiger partial charge in [-0.1, -0.05) is 66.7 Å². The molecule has 1 heterocycles. The molecule has 4 aromatic carbocycles. The summed E-state index contributed by atoms with van der Waals surface area (Å²) in [6.45, 7) is 0. The Morgan fingerprint density at radius 1 is 0.848 bits per heavy atom. The summed E-state index contributed by atoms with van der Waals surface area (Å²) in [7, 11) is 0. The quantitative estimate of drug-likeness (QED) is 0.297. The van der Waals surface area contributed by atoms with Crippen LogP contribution in [-0.2, 0) is 0 Å². The summed E-state index contributed by atoms with van der Waals surface area (Å²) in [5.41, 5.74) is 5.81. The molecule has 0 atom stereocenters. The maximum absolute atomic E-state index is 12.8. The highest BCUT2D eigenvalue weighted by atomic mass is 16.3. The summed E-state index contributed by atoms with van der Waals surface area (Å²) in [6.07, 6.45) is 1.39. The normalized spacial score (nSPS) is 11.2. The first kappa shape index (κ1) is 20.2. The van der Waals surface area contributed by atoms with Crippen LogP contribution in [0.4, 0.5) is 0 Å². The van der Waals surface area contributed by atoms with Crippen molar-refractivity contribution in [2.24, 2.45) is 5.10 Å². The SMILES string of the molecule is O=C(N/N=C\c1ccccc1O)c1cc(-c2ccc3ccccc3c2)n(-c2ccccc2)n1. The van der Waals surface area contributed by atoms with E-state index in [2.05, 4.69) is 39.9 Å². The topological polar surface area (TPSA) is 79.5 Å². The van der Waals surface area contributed by atoms with E-state index < -0.39 is 5.91 Å². The van der Waals surface area contributed by atoms with Crippen LogP contribution in [0.5, 0.6) is 5.75 Å². The Kier molecular flexibility index (Phi) is 5.39. The van der Waals surface area contributed by atoms with Crippen LogP contribution >= 0.6 is 0 Å². The van der Waals surface area contributed by atoms with E-state index in [0.29, 0.717) is 5.56 Å². The van der Waals surface area contributed by atoms with Gasteiger partial charge in [-0.05, 0) is 47.2 Å². The predicted octanol–water partition coefficient (Wildman–Crippen LogP) is 5.16. The van der Waals surface area contributed by atoms with Crippen LogP contribution in [0.15, 0.2) is 108 Å². The largest absolute Gasteiger partial charge is 0.507 e. The number of nitrogens with one attached hydrogen (secondary N) is 1. The fourth-order valence-electron chi connectivity index (χ4n) is 3.63. The van der Waals surface area contributed by atoms with Crippen LogP contribution in [0, 0.1) is 0 Å². The highest BCUT2D eigenvalue weighted by molar-refractivity contribution is 5.95. The maximum Gasteiger partial charge on any atom is 0.291 e. The Hall–Kier alpha value is -4.71. The van der Waals surface area contributed by atoms with E-state index in [0.717, 1.165) is 27.7 Å². The lowest BCUT2D eigenvalue weighted by Crippen LogP contribution is -2.18. The van der Waals surface area contributed by atoms with Gasteiger partial charge in [0.1, 0.15) is 5.75 Å². The molecule has 1 aromatic heterocycles. The maximum atomic E-state index is 12.8. The fraction of sp³-hybridized carbons (Fsp3) is 0. The first-order chi connectivity index (χ1) is 16.2. The predicted molar refractivity (Wildman–Crippen MR) is 130 cm³/mol. The molecule has 6 nitrogen and oxygen atoms in total. The van der Waals surface area contributed by atoms with Gasteiger partial charge in [-0.2, -0.15) is 10.2 Å². The average Bonchev–Trinajstić information content (AvgIpc) is 3.31. The summed E-state index contributed by atoms with van der Waals surface area (Å²) < 4.78 is 1.76. The second kappa shape index (κ2) is 8.80. The third kappa shape index (κ3) is 4.22. The number of hydrogen-bond acceptors (Lipinski definition) is 4. The second-order valence-electron chi connectivity index (χ2n) is 7.48. The Labute approximate surface area is 190 Å². The second-order valence-corrected chi connectivity index (χ2v) is 7.48. The molecule has 0 aliphatic carbocycles. The van der Waals surface area contributed by atoms with Gasteiger partial charge >= 0.3 is 0 Å². The molecule has 6 heteroatoms. The number of aromatic hydroxyl groups is 1. The van der Waals surface area contributed by atoms with E-state index in [9.17, 15) is 9.90 Å². The van der Waals surface area contributed by atoms with Gasteiger partial charge in [-0.15, -0.1) is 0 Å². The number of rotatable bonds is 5. The number of carbonyl (C=O) groups is 1. The number of hydrogen-bond donors (Lipinski definition) is 2. The number of phenols is 1. The lowest BCUT2D eigenvalue weighted by Gasteiger charge is -2.08. The number of nitrogens with zero attached hydrogens (tertiary/aromatic N) is 3. The van der Waals surface area contributed by atoms with Crippen molar-refractivity contribution in [3.05, 3.63) is 114 Å². The molecule has 0 saturated carbocycles. The molecule has 0 fully saturated rings. The number of carbonyl (C=O) groups excluding carboxylic acids is 1. The highest BCUT2D eigenvalue weighted by Gasteiger charge is 2.17. The number of phenolic OH excluding ortho intramolecular Hbond substituents is 1. The monoisotopic (exact) mass is 432 g/mol. The van der Waals surface area contributed by atoms with Gasteiger partial charge in [0.05, 0.1) is 17.6 Å². The molecule has 0 aliphatic heterocycles. The minimum absolute atomic E-state index is 0.0856. The fourth-order valence-corrected chi connectivity index (χ4v) is 3.63. The van der Waals surface area contributed by atoms with Gasteiger partial charge in [0, 0.05) is 11.1 Å². The molecule has 1 amide bonds. The van der Waals surface area contributed by atoms with Gasteiger partial charge in [0.25, 0.3) is 5.91 Å². The third-order valence-corrected chi connectivity index (χ3v) is 5.29. The smallest absolute Gasteiger partial charge is 0.291 e. The van der Waals surface area contributed by atoms with Crippen LogP contribution in [0.1, 0.15) is 16.1 Å². The summed E-state index contributed by atoms with van der Waals surface area (Å²) in [5.74, 6) is -0.360. The van der Waals surface area contributed by atoms with Crippen molar-refractivity contribution in [1.29, 1.82) is 0 Å². The van der Waals surface area contributed by atoms with Crippen LogP contribution in [-0.4, -0.2) is 27.0 Å². The van der Waals surface area contributed by atoms with Gasteiger partial charge in [0.2, 0.25) is 0 Å². The number of benzene rings is 4.